The molecule has 0 bridgehead atoms. The smallest absolute Gasteiger partial charge is 0.168 e. The number of benzene rings is 2. The number of phenols is 2. The number of rotatable bonds is 4. The maximum atomic E-state index is 11.6. The minimum atomic E-state index is -1.36. The van der Waals surface area contributed by atoms with E-state index in [4.69, 9.17) is 9.47 Å². The molecule has 0 radical (unpaired) electrons. The van der Waals surface area contributed by atoms with Crippen molar-refractivity contribution in [1.29, 1.82) is 0 Å². The van der Waals surface area contributed by atoms with Gasteiger partial charge in [0.2, 0.25) is 0 Å². The molecule has 0 spiro atoms. The van der Waals surface area contributed by atoms with E-state index in [9.17, 15) is 15.3 Å². The summed E-state index contributed by atoms with van der Waals surface area (Å²) in [6, 6.07) is 6.75. The fourth-order valence-electron chi connectivity index (χ4n) is 4.06. The van der Waals surface area contributed by atoms with Gasteiger partial charge in [0.15, 0.2) is 11.7 Å². The molecule has 0 saturated heterocycles. The van der Waals surface area contributed by atoms with Crippen LogP contribution in [0.1, 0.15) is 56.1 Å². The van der Waals surface area contributed by atoms with Crippen molar-refractivity contribution in [2.24, 2.45) is 0 Å². The third kappa shape index (κ3) is 3.33. The first-order valence-electron chi connectivity index (χ1n) is 10.2. The molecule has 0 unspecified atom stereocenters. The largest absolute Gasteiger partial charge is 0.508 e. The number of allylic oxidation sites excluding steroid dienone is 4. The van der Waals surface area contributed by atoms with Crippen molar-refractivity contribution >= 4 is 0 Å². The van der Waals surface area contributed by atoms with Crippen molar-refractivity contribution < 1.29 is 24.8 Å². The van der Waals surface area contributed by atoms with Crippen LogP contribution in [0.2, 0.25) is 0 Å². The van der Waals surface area contributed by atoms with Gasteiger partial charge in [-0.25, -0.2) is 0 Å². The normalized spacial score (nSPS) is 20.9. The summed E-state index contributed by atoms with van der Waals surface area (Å²) < 4.78 is 12.1. The lowest BCUT2D eigenvalue weighted by molar-refractivity contribution is -0.0865. The molecule has 0 amide bonds. The van der Waals surface area contributed by atoms with Crippen LogP contribution in [-0.2, 0) is 18.4 Å². The number of phenolic OH excluding ortho intramolecular Hbond substituents is 2. The Kier molecular flexibility index (Phi) is 5.02. The quantitative estimate of drug-likeness (QED) is 0.632. The second kappa shape index (κ2) is 7.40. The van der Waals surface area contributed by atoms with Crippen LogP contribution in [0.3, 0.4) is 0 Å². The Bertz CT molecular complexity index is 1060. The van der Waals surface area contributed by atoms with Gasteiger partial charge in [0.1, 0.15) is 29.6 Å². The zero-order valence-corrected chi connectivity index (χ0v) is 17.8. The fourth-order valence-corrected chi connectivity index (χ4v) is 4.06. The topological polar surface area (TPSA) is 79.2 Å². The fraction of sp³-hybridized carbons (Fsp3) is 0.360. The molecule has 0 aliphatic carbocycles. The van der Waals surface area contributed by atoms with Crippen molar-refractivity contribution in [3.63, 3.8) is 0 Å². The predicted octanol–water partition coefficient (Wildman–Crippen LogP) is 4.83. The highest BCUT2D eigenvalue weighted by Gasteiger charge is 2.54. The minimum Gasteiger partial charge on any atom is -0.508 e. The van der Waals surface area contributed by atoms with Gasteiger partial charge in [-0.3, -0.25) is 0 Å². The van der Waals surface area contributed by atoms with Gasteiger partial charge in [0.25, 0.3) is 0 Å². The van der Waals surface area contributed by atoms with Crippen LogP contribution < -0.4 is 9.47 Å². The van der Waals surface area contributed by atoms with E-state index in [1.165, 1.54) is 0 Å². The van der Waals surface area contributed by atoms with Crippen LogP contribution in [-0.4, -0.2) is 21.9 Å². The Balaban J connectivity index is 1.79. The van der Waals surface area contributed by atoms with Crippen molar-refractivity contribution in [2.75, 3.05) is 6.61 Å². The molecule has 3 N–H and O–H groups in total. The van der Waals surface area contributed by atoms with Crippen LogP contribution in [0.4, 0.5) is 0 Å². The molecule has 30 heavy (non-hydrogen) atoms. The Morgan fingerprint density at radius 2 is 1.73 bits per heavy atom. The molecule has 2 aromatic rings. The minimum absolute atomic E-state index is 0.0112. The third-order valence-electron chi connectivity index (χ3n) is 5.76. The average molecular weight is 408 g/mol. The Labute approximate surface area is 176 Å². The van der Waals surface area contributed by atoms with E-state index in [-0.39, 0.29) is 18.1 Å². The molecule has 5 nitrogen and oxygen atoms in total. The van der Waals surface area contributed by atoms with Crippen LogP contribution >= 0.6 is 0 Å². The van der Waals surface area contributed by atoms with E-state index in [1.54, 1.807) is 18.2 Å². The monoisotopic (exact) mass is 408 g/mol. The van der Waals surface area contributed by atoms with E-state index >= 15 is 0 Å². The highest BCUT2D eigenvalue weighted by Crippen LogP contribution is 2.56. The van der Waals surface area contributed by atoms with Gasteiger partial charge in [-0.05, 0) is 64.3 Å². The van der Waals surface area contributed by atoms with Gasteiger partial charge >= 0.3 is 0 Å². The first-order chi connectivity index (χ1) is 14.2. The molecule has 158 valence electrons. The highest BCUT2D eigenvalue weighted by atomic mass is 16.5. The van der Waals surface area contributed by atoms with E-state index < -0.39 is 11.7 Å². The summed E-state index contributed by atoms with van der Waals surface area (Å²) in [5, 5.41) is 32.4. The molecule has 2 aromatic carbocycles. The van der Waals surface area contributed by atoms with E-state index in [2.05, 4.69) is 0 Å². The summed E-state index contributed by atoms with van der Waals surface area (Å²) in [4.78, 5) is 0. The summed E-state index contributed by atoms with van der Waals surface area (Å²) in [5.74, 6) is 1.32. The number of aromatic hydroxyl groups is 2. The molecular weight excluding hydrogens is 380 g/mol. The summed E-state index contributed by atoms with van der Waals surface area (Å²) in [7, 11) is 0. The average Bonchev–Trinajstić information content (AvgIpc) is 2.98. The zero-order chi connectivity index (χ0) is 21.6. The van der Waals surface area contributed by atoms with E-state index in [0.29, 0.717) is 41.0 Å². The summed E-state index contributed by atoms with van der Waals surface area (Å²) in [5.41, 5.74) is 3.64. The molecule has 4 rings (SSSR count). The molecule has 0 aromatic heterocycles. The number of aliphatic hydroxyl groups is 1. The predicted molar refractivity (Wildman–Crippen MR) is 115 cm³/mol. The Hall–Kier alpha value is -2.92. The first kappa shape index (κ1) is 20.4. The maximum absolute atomic E-state index is 11.6. The SMILES string of the molecule is CC(C)=CCc1cc2c(cc1O)OC[C@]1(O)c3ccc(O)c(CC=C(C)C)c3O[C@H]21. The molecular formula is C25H28O5. The second-order valence-corrected chi connectivity index (χ2v) is 8.64. The summed E-state index contributed by atoms with van der Waals surface area (Å²) >= 11 is 0. The van der Waals surface area contributed by atoms with E-state index in [1.807, 2.05) is 45.9 Å². The molecule has 5 heteroatoms. The van der Waals surface area contributed by atoms with Crippen molar-refractivity contribution in [1.82, 2.24) is 0 Å². The van der Waals surface area contributed by atoms with Crippen LogP contribution in [0, 0.1) is 0 Å². The third-order valence-corrected chi connectivity index (χ3v) is 5.76. The number of ether oxygens (including phenoxy) is 2. The number of hydrogen-bond acceptors (Lipinski definition) is 5. The summed E-state index contributed by atoms with van der Waals surface area (Å²) in [6.07, 6.45) is 4.47. The maximum Gasteiger partial charge on any atom is 0.168 e. The van der Waals surface area contributed by atoms with Gasteiger partial charge in [-0.1, -0.05) is 23.3 Å². The summed E-state index contributed by atoms with van der Waals surface area (Å²) in [6.45, 7) is 8.03. The lowest BCUT2D eigenvalue weighted by Gasteiger charge is -2.35. The highest BCUT2D eigenvalue weighted by molar-refractivity contribution is 5.59. The van der Waals surface area contributed by atoms with Gasteiger partial charge in [0, 0.05) is 22.8 Å². The van der Waals surface area contributed by atoms with Gasteiger partial charge in [-0.15, -0.1) is 0 Å². The zero-order valence-electron chi connectivity index (χ0n) is 17.8. The van der Waals surface area contributed by atoms with Gasteiger partial charge in [0.05, 0.1) is 0 Å². The standard InChI is InChI=1S/C25H28O5/c1-14(2)5-7-16-11-18-22(12-21(16)27)29-13-25(28)19-9-10-20(26)17(8-6-15(3)4)23(19)30-24(18)25/h5-6,9-12,24,26-28H,7-8,13H2,1-4H3/t24-,25+/m1/s1. The molecule has 2 heterocycles. The first-order valence-corrected chi connectivity index (χ1v) is 10.2. The van der Waals surface area contributed by atoms with Crippen molar-refractivity contribution in [3.8, 4) is 23.0 Å². The Morgan fingerprint density at radius 1 is 1.03 bits per heavy atom. The number of fused-ring (bicyclic) bond motifs is 5. The van der Waals surface area contributed by atoms with Gasteiger partial charge in [-0.2, -0.15) is 0 Å². The van der Waals surface area contributed by atoms with Crippen LogP contribution in [0.5, 0.6) is 23.0 Å². The second-order valence-electron chi connectivity index (χ2n) is 8.64. The number of hydrogen-bond donors (Lipinski definition) is 3. The van der Waals surface area contributed by atoms with E-state index in [0.717, 1.165) is 16.7 Å². The Morgan fingerprint density at radius 3 is 2.43 bits per heavy atom. The van der Waals surface area contributed by atoms with Crippen molar-refractivity contribution in [3.05, 3.63) is 69.8 Å². The van der Waals surface area contributed by atoms with Crippen molar-refractivity contribution in [2.45, 2.75) is 52.2 Å². The molecule has 0 fully saturated rings. The van der Waals surface area contributed by atoms with Crippen LogP contribution in [0.15, 0.2) is 47.6 Å². The molecule has 0 saturated carbocycles. The molecule has 2 aliphatic rings. The molecule has 2 aliphatic heterocycles. The lowest BCUT2D eigenvalue weighted by atomic mass is 9.83. The molecule has 2 atom stereocenters. The lowest BCUT2D eigenvalue weighted by Crippen LogP contribution is -2.41. The van der Waals surface area contributed by atoms with Gasteiger partial charge < -0.3 is 24.8 Å². The van der Waals surface area contributed by atoms with Crippen LogP contribution in [0.25, 0.3) is 0 Å².